The van der Waals surface area contributed by atoms with E-state index >= 15 is 0 Å². The molecule has 0 aromatic heterocycles. The second-order valence-electron chi connectivity index (χ2n) is 7.58. The Hall–Kier alpha value is -4.79. The van der Waals surface area contributed by atoms with E-state index in [-0.39, 0.29) is 5.91 Å². The van der Waals surface area contributed by atoms with E-state index in [2.05, 4.69) is 21.2 Å². The van der Waals surface area contributed by atoms with Gasteiger partial charge < -0.3 is 15.4 Å². The Kier molecular flexibility index (Phi) is 8.07. The van der Waals surface area contributed by atoms with Gasteiger partial charge in [-0.2, -0.15) is 5.10 Å². The van der Waals surface area contributed by atoms with Crippen LogP contribution in [-0.4, -0.2) is 29.4 Å². The predicted octanol–water partition coefficient (Wildman–Crippen LogP) is 3.65. The fraction of sp³-hybridized carbons (Fsp3) is 0.115. The second kappa shape index (κ2) is 11.4. The maximum absolute atomic E-state index is 12.3. The molecule has 0 saturated carbocycles. The van der Waals surface area contributed by atoms with Gasteiger partial charge in [0.2, 0.25) is 5.91 Å². The van der Waals surface area contributed by atoms with Crippen LogP contribution < -0.4 is 20.8 Å². The lowest BCUT2D eigenvalue weighted by molar-refractivity contribution is -0.136. The zero-order valence-corrected chi connectivity index (χ0v) is 19.4. The van der Waals surface area contributed by atoms with Gasteiger partial charge in [-0.15, -0.1) is 0 Å². The van der Waals surface area contributed by atoms with Crippen molar-refractivity contribution in [1.82, 2.24) is 5.43 Å². The fourth-order valence-electron chi connectivity index (χ4n) is 3.01. The van der Waals surface area contributed by atoms with E-state index in [9.17, 15) is 19.2 Å². The molecule has 0 heterocycles. The molecular weight excluding hydrogens is 448 g/mol. The Morgan fingerprint density at radius 2 is 1.34 bits per heavy atom. The molecule has 3 aromatic rings. The van der Waals surface area contributed by atoms with Crippen LogP contribution in [0.2, 0.25) is 0 Å². The largest absolute Gasteiger partial charge is 0.423 e. The van der Waals surface area contributed by atoms with E-state index < -0.39 is 17.8 Å². The number of anilines is 2. The average Bonchev–Trinajstić information content (AvgIpc) is 2.83. The molecule has 3 amide bonds. The standard InChI is InChI=1S/C26H24N4O5/c1-16-6-4-5-7-23(16)26(34)35-22-14-8-19(9-15-22)17(2)29-30-25(33)24(32)28-21-12-10-20(11-13-21)27-18(3)31/h4-15H,1-3H3,(H,27,31)(H,28,32)(H,30,33)/b29-17+. The molecule has 0 bridgehead atoms. The van der Waals surface area contributed by atoms with Crippen molar-refractivity contribution < 1.29 is 23.9 Å². The number of hydrogen-bond acceptors (Lipinski definition) is 6. The summed E-state index contributed by atoms with van der Waals surface area (Å²) in [6, 6.07) is 20.0. The monoisotopic (exact) mass is 472 g/mol. The van der Waals surface area contributed by atoms with Crippen molar-refractivity contribution in [2.24, 2.45) is 5.10 Å². The van der Waals surface area contributed by atoms with E-state index in [1.165, 1.54) is 6.92 Å². The number of hydrogen-bond donors (Lipinski definition) is 3. The molecule has 0 aliphatic carbocycles. The van der Waals surface area contributed by atoms with Gasteiger partial charge in [0.05, 0.1) is 11.3 Å². The molecule has 0 unspecified atom stereocenters. The first-order valence-corrected chi connectivity index (χ1v) is 10.6. The van der Waals surface area contributed by atoms with Gasteiger partial charge in [0.15, 0.2) is 0 Å². The molecule has 0 fully saturated rings. The number of nitrogens with one attached hydrogen (secondary N) is 3. The van der Waals surface area contributed by atoms with E-state index in [1.807, 2.05) is 19.1 Å². The highest BCUT2D eigenvalue weighted by Crippen LogP contribution is 2.17. The van der Waals surface area contributed by atoms with Crippen LogP contribution >= 0.6 is 0 Å². The number of ether oxygens (including phenoxy) is 1. The molecule has 0 atom stereocenters. The summed E-state index contributed by atoms with van der Waals surface area (Å²) in [4.78, 5) is 47.6. The molecular formula is C26H24N4O5. The highest BCUT2D eigenvalue weighted by atomic mass is 16.5. The van der Waals surface area contributed by atoms with Crippen molar-refractivity contribution in [3.63, 3.8) is 0 Å². The number of amides is 3. The van der Waals surface area contributed by atoms with Crippen molar-refractivity contribution in [1.29, 1.82) is 0 Å². The molecule has 0 aliphatic rings. The molecule has 178 valence electrons. The van der Waals surface area contributed by atoms with Crippen molar-refractivity contribution in [3.8, 4) is 5.75 Å². The third-order valence-corrected chi connectivity index (χ3v) is 4.84. The minimum absolute atomic E-state index is 0.215. The SMILES string of the molecule is CC(=O)Nc1ccc(NC(=O)C(=O)N/N=C(\C)c2ccc(OC(=O)c3ccccc3C)cc2)cc1. The highest BCUT2D eigenvalue weighted by molar-refractivity contribution is 6.39. The van der Waals surface area contributed by atoms with Crippen LogP contribution in [0.4, 0.5) is 11.4 Å². The summed E-state index contributed by atoms with van der Waals surface area (Å²) >= 11 is 0. The van der Waals surface area contributed by atoms with Gasteiger partial charge in [-0.05, 0) is 79.6 Å². The number of carbonyl (C=O) groups is 4. The van der Waals surface area contributed by atoms with Crippen LogP contribution in [0.15, 0.2) is 77.9 Å². The maximum atomic E-state index is 12.3. The normalized spacial score (nSPS) is 10.8. The van der Waals surface area contributed by atoms with Crippen LogP contribution in [0.5, 0.6) is 5.75 Å². The van der Waals surface area contributed by atoms with Crippen LogP contribution in [0.25, 0.3) is 0 Å². The molecule has 0 saturated heterocycles. The van der Waals surface area contributed by atoms with Crippen LogP contribution in [0, 0.1) is 6.92 Å². The molecule has 9 nitrogen and oxygen atoms in total. The number of nitrogens with zero attached hydrogens (tertiary/aromatic N) is 1. The number of esters is 1. The lowest BCUT2D eigenvalue weighted by atomic mass is 10.1. The minimum Gasteiger partial charge on any atom is -0.423 e. The highest BCUT2D eigenvalue weighted by Gasteiger charge is 2.14. The predicted molar refractivity (Wildman–Crippen MR) is 132 cm³/mol. The van der Waals surface area contributed by atoms with Gasteiger partial charge in [0, 0.05) is 18.3 Å². The minimum atomic E-state index is -0.945. The summed E-state index contributed by atoms with van der Waals surface area (Å²) in [5.41, 5.74) is 5.57. The van der Waals surface area contributed by atoms with Gasteiger partial charge in [-0.25, -0.2) is 10.2 Å². The third kappa shape index (κ3) is 7.10. The van der Waals surface area contributed by atoms with Gasteiger partial charge in [0.1, 0.15) is 5.75 Å². The quantitative estimate of drug-likeness (QED) is 0.166. The summed E-state index contributed by atoms with van der Waals surface area (Å²) in [5.74, 6) is -2.15. The van der Waals surface area contributed by atoms with Crippen LogP contribution in [0.3, 0.4) is 0 Å². The van der Waals surface area contributed by atoms with E-state index in [1.54, 1.807) is 67.6 Å². The van der Waals surface area contributed by atoms with Crippen LogP contribution in [-0.2, 0) is 14.4 Å². The first-order chi connectivity index (χ1) is 16.7. The van der Waals surface area contributed by atoms with Crippen molar-refractivity contribution in [2.75, 3.05) is 10.6 Å². The average molecular weight is 473 g/mol. The number of hydrazone groups is 1. The Morgan fingerprint density at radius 3 is 1.94 bits per heavy atom. The molecule has 9 heteroatoms. The Bertz CT molecular complexity index is 1280. The van der Waals surface area contributed by atoms with Gasteiger partial charge in [0.25, 0.3) is 0 Å². The van der Waals surface area contributed by atoms with E-state index in [0.717, 1.165) is 5.56 Å². The first-order valence-electron chi connectivity index (χ1n) is 10.6. The number of carbonyl (C=O) groups excluding carboxylic acids is 4. The third-order valence-electron chi connectivity index (χ3n) is 4.84. The second-order valence-corrected chi connectivity index (χ2v) is 7.58. The summed E-state index contributed by atoms with van der Waals surface area (Å²) in [6.45, 7) is 4.88. The lowest BCUT2D eigenvalue weighted by Gasteiger charge is -2.08. The summed E-state index contributed by atoms with van der Waals surface area (Å²) in [6.07, 6.45) is 0. The molecule has 0 spiro atoms. The van der Waals surface area contributed by atoms with E-state index in [4.69, 9.17) is 4.74 Å². The van der Waals surface area contributed by atoms with Gasteiger partial charge in [-0.3, -0.25) is 14.4 Å². The van der Waals surface area contributed by atoms with Crippen molar-refractivity contribution in [2.45, 2.75) is 20.8 Å². The van der Waals surface area contributed by atoms with Gasteiger partial charge >= 0.3 is 17.8 Å². The molecule has 35 heavy (non-hydrogen) atoms. The molecule has 3 N–H and O–H groups in total. The Morgan fingerprint density at radius 1 is 0.743 bits per heavy atom. The Labute approximate surface area is 202 Å². The van der Waals surface area contributed by atoms with Crippen molar-refractivity contribution in [3.05, 3.63) is 89.5 Å². The zero-order valence-electron chi connectivity index (χ0n) is 19.4. The molecule has 3 aromatic carbocycles. The smallest absolute Gasteiger partial charge is 0.343 e. The maximum Gasteiger partial charge on any atom is 0.343 e. The summed E-state index contributed by atoms with van der Waals surface area (Å²) in [5, 5.41) is 9.01. The number of rotatable bonds is 6. The summed E-state index contributed by atoms with van der Waals surface area (Å²) in [7, 11) is 0. The molecule has 0 radical (unpaired) electrons. The van der Waals surface area contributed by atoms with Crippen molar-refractivity contribution >= 4 is 40.8 Å². The topological polar surface area (TPSA) is 126 Å². The van der Waals surface area contributed by atoms with Gasteiger partial charge in [-0.1, -0.05) is 18.2 Å². The number of aryl methyl sites for hydroxylation is 1. The fourth-order valence-corrected chi connectivity index (χ4v) is 3.01. The lowest BCUT2D eigenvalue weighted by Crippen LogP contribution is -2.32. The molecule has 3 rings (SSSR count). The number of benzene rings is 3. The van der Waals surface area contributed by atoms with E-state index in [0.29, 0.717) is 34.0 Å². The zero-order chi connectivity index (χ0) is 25.4. The summed E-state index contributed by atoms with van der Waals surface area (Å²) < 4.78 is 5.41. The molecule has 0 aliphatic heterocycles. The Balaban J connectivity index is 1.54. The van der Waals surface area contributed by atoms with Crippen LogP contribution in [0.1, 0.15) is 35.3 Å². The first kappa shape index (κ1) is 24.8.